The lowest BCUT2D eigenvalue weighted by Gasteiger charge is -2.43. The molecule has 158 valence electrons. The molecule has 2 fully saturated rings. The van der Waals surface area contributed by atoms with Crippen LogP contribution < -0.4 is 15.5 Å². The van der Waals surface area contributed by atoms with Crippen molar-refractivity contribution in [2.45, 2.75) is 18.4 Å². The fourth-order valence-electron chi connectivity index (χ4n) is 4.26. The number of amides is 2. The van der Waals surface area contributed by atoms with Crippen molar-refractivity contribution >= 4 is 29.1 Å². The minimum absolute atomic E-state index is 0.0264. The largest absolute Gasteiger partial charge is 0.351 e. The van der Waals surface area contributed by atoms with Crippen LogP contribution >= 0.6 is 11.6 Å². The monoisotopic (exact) mass is 430 g/mol. The number of halogens is 2. The molecule has 1 spiro atoms. The van der Waals surface area contributed by atoms with Gasteiger partial charge in [0.25, 0.3) is 5.91 Å². The number of anilines is 1. The summed E-state index contributed by atoms with van der Waals surface area (Å²) in [5.41, 5.74) is 0.708. The van der Waals surface area contributed by atoms with E-state index in [0.717, 1.165) is 18.8 Å². The number of carbonyl (C=O) groups is 2. The van der Waals surface area contributed by atoms with Crippen molar-refractivity contribution in [1.29, 1.82) is 0 Å². The molecule has 0 unspecified atom stereocenters. The van der Waals surface area contributed by atoms with Gasteiger partial charge in [0.05, 0.1) is 17.3 Å². The molecule has 8 heteroatoms. The van der Waals surface area contributed by atoms with Crippen LogP contribution in [0.25, 0.3) is 0 Å². The van der Waals surface area contributed by atoms with Gasteiger partial charge in [-0.2, -0.15) is 0 Å². The van der Waals surface area contributed by atoms with Gasteiger partial charge in [0, 0.05) is 31.9 Å². The second-order valence-electron chi connectivity index (χ2n) is 7.68. The molecule has 0 aliphatic carbocycles. The maximum absolute atomic E-state index is 13.3. The van der Waals surface area contributed by atoms with Crippen molar-refractivity contribution in [3.63, 3.8) is 0 Å². The van der Waals surface area contributed by atoms with Crippen molar-refractivity contribution in [2.24, 2.45) is 0 Å². The Bertz CT molecular complexity index is 929. The van der Waals surface area contributed by atoms with E-state index in [1.54, 1.807) is 36.4 Å². The van der Waals surface area contributed by atoms with Crippen LogP contribution in [0.1, 0.15) is 23.2 Å². The summed E-state index contributed by atoms with van der Waals surface area (Å²) in [4.78, 5) is 29.3. The smallest absolute Gasteiger partial charge is 0.252 e. The first-order chi connectivity index (χ1) is 14.5. The maximum atomic E-state index is 13.3. The number of rotatable bonds is 5. The van der Waals surface area contributed by atoms with Crippen LogP contribution in [0.15, 0.2) is 48.5 Å². The number of hydrogen-bond donors (Lipinski definition) is 2. The lowest BCUT2D eigenvalue weighted by Crippen LogP contribution is -2.57. The zero-order valence-corrected chi connectivity index (χ0v) is 17.3. The zero-order chi connectivity index (χ0) is 21.1. The van der Waals surface area contributed by atoms with Crippen LogP contribution in [-0.2, 0) is 4.79 Å². The van der Waals surface area contributed by atoms with Crippen LogP contribution in [0.2, 0.25) is 5.02 Å². The number of nitrogens with zero attached hydrogens (tertiary/aromatic N) is 2. The third kappa shape index (κ3) is 4.00. The summed E-state index contributed by atoms with van der Waals surface area (Å²) in [6.45, 7) is 3.12. The minimum Gasteiger partial charge on any atom is -0.351 e. The van der Waals surface area contributed by atoms with Crippen LogP contribution in [0.3, 0.4) is 0 Å². The average molecular weight is 431 g/mol. The molecule has 2 aromatic rings. The quantitative estimate of drug-likeness (QED) is 0.765. The number of likely N-dealkylation sites (tertiary alicyclic amines) is 1. The van der Waals surface area contributed by atoms with E-state index in [1.165, 1.54) is 12.1 Å². The second-order valence-corrected chi connectivity index (χ2v) is 8.08. The topological polar surface area (TPSA) is 64.7 Å². The summed E-state index contributed by atoms with van der Waals surface area (Å²) < 4.78 is 13.3. The predicted octanol–water partition coefficient (Wildman–Crippen LogP) is 2.64. The molecule has 2 amide bonds. The van der Waals surface area contributed by atoms with E-state index in [1.807, 2.05) is 4.90 Å². The van der Waals surface area contributed by atoms with E-state index in [9.17, 15) is 14.0 Å². The SMILES string of the molecule is O=C(NCCN1CCC2(CC1)C(=O)NCN2c1ccc(F)cc1)c1ccccc1Cl. The molecule has 0 bridgehead atoms. The van der Waals surface area contributed by atoms with Crippen molar-refractivity contribution in [1.82, 2.24) is 15.5 Å². The second kappa shape index (κ2) is 8.62. The van der Waals surface area contributed by atoms with Gasteiger partial charge < -0.3 is 20.4 Å². The summed E-state index contributed by atoms with van der Waals surface area (Å²) in [5, 5.41) is 6.28. The summed E-state index contributed by atoms with van der Waals surface area (Å²) in [7, 11) is 0. The van der Waals surface area contributed by atoms with Gasteiger partial charge in [-0.05, 0) is 49.2 Å². The van der Waals surface area contributed by atoms with E-state index in [4.69, 9.17) is 11.6 Å². The molecule has 2 N–H and O–H groups in total. The molecule has 0 aromatic heterocycles. The Morgan fingerprint density at radius 1 is 1.13 bits per heavy atom. The van der Waals surface area contributed by atoms with Crippen molar-refractivity contribution in [3.05, 3.63) is 64.9 Å². The number of carbonyl (C=O) groups excluding carboxylic acids is 2. The van der Waals surface area contributed by atoms with Gasteiger partial charge in [-0.15, -0.1) is 0 Å². The summed E-state index contributed by atoms with van der Waals surface area (Å²) >= 11 is 6.07. The van der Waals surface area contributed by atoms with Crippen molar-refractivity contribution < 1.29 is 14.0 Å². The van der Waals surface area contributed by atoms with Crippen molar-refractivity contribution in [2.75, 3.05) is 37.7 Å². The first kappa shape index (κ1) is 20.6. The third-order valence-corrected chi connectivity index (χ3v) is 6.32. The Balaban J connectivity index is 1.32. The lowest BCUT2D eigenvalue weighted by atomic mass is 9.85. The van der Waals surface area contributed by atoms with Crippen LogP contribution in [0.5, 0.6) is 0 Å². The molecular weight excluding hydrogens is 407 g/mol. The highest BCUT2D eigenvalue weighted by Gasteiger charge is 2.50. The Labute approximate surface area is 180 Å². The Morgan fingerprint density at radius 3 is 2.53 bits per heavy atom. The first-order valence-electron chi connectivity index (χ1n) is 10.1. The molecule has 0 saturated carbocycles. The minimum atomic E-state index is -0.602. The number of hydrogen-bond acceptors (Lipinski definition) is 4. The molecule has 6 nitrogen and oxygen atoms in total. The Hall–Kier alpha value is -2.64. The standard InChI is InChI=1S/C22H24ClFN4O2/c23-19-4-2-1-3-18(19)20(29)25-11-14-27-12-9-22(10-13-27)21(30)26-15-28(22)17-7-5-16(24)6-8-17/h1-8H,9-15H2,(H,25,29)(H,26,30). The molecule has 2 heterocycles. The summed E-state index contributed by atoms with van der Waals surface area (Å²) in [5.74, 6) is -0.454. The molecular formula is C22H24ClFN4O2. The molecule has 2 aliphatic rings. The molecule has 4 rings (SSSR count). The lowest BCUT2D eigenvalue weighted by molar-refractivity contribution is -0.125. The zero-order valence-electron chi connectivity index (χ0n) is 16.5. The van der Waals surface area contributed by atoms with Gasteiger partial charge >= 0.3 is 0 Å². The summed E-state index contributed by atoms with van der Waals surface area (Å²) in [6.07, 6.45) is 1.35. The molecule has 0 atom stereocenters. The Morgan fingerprint density at radius 2 is 1.83 bits per heavy atom. The summed E-state index contributed by atoms with van der Waals surface area (Å²) in [6, 6.07) is 13.2. The molecule has 2 aromatic carbocycles. The van der Waals surface area contributed by atoms with Crippen LogP contribution in [0, 0.1) is 5.82 Å². The van der Waals surface area contributed by atoms with Gasteiger partial charge in [0.2, 0.25) is 5.91 Å². The fraction of sp³-hybridized carbons (Fsp3) is 0.364. The van der Waals surface area contributed by atoms with Gasteiger partial charge in [-0.25, -0.2) is 4.39 Å². The van der Waals surface area contributed by atoms with Crippen molar-refractivity contribution in [3.8, 4) is 0 Å². The molecule has 2 aliphatic heterocycles. The van der Waals surface area contributed by atoms with Gasteiger partial charge in [0.15, 0.2) is 0 Å². The highest BCUT2D eigenvalue weighted by Crippen LogP contribution is 2.36. The van der Waals surface area contributed by atoms with Gasteiger partial charge in [-0.3, -0.25) is 9.59 Å². The number of benzene rings is 2. The molecule has 30 heavy (non-hydrogen) atoms. The van der Waals surface area contributed by atoms with E-state index in [0.29, 0.717) is 43.2 Å². The molecule has 2 saturated heterocycles. The van der Waals surface area contributed by atoms with Crippen LogP contribution in [0.4, 0.5) is 10.1 Å². The highest BCUT2D eigenvalue weighted by atomic mass is 35.5. The number of piperidine rings is 1. The maximum Gasteiger partial charge on any atom is 0.252 e. The number of nitrogens with one attached hydrogen (secondary N) is 2. The van der Waals surface area contributed by atoms with E-state index in [2.05, 4.69) is 15.5 Å². The average Bonchev–Trinajstić information content (AvgIpc) is 3.06. The van der Waals surface area contributed by atoms with Gasteiger partial charge in [0.1, 0.15) is 11.4 Å². The normalized spacial score (nSPS) is 18.5. The Kier molecular flexibility index (Phi) is 5.92. The fourth-order valence-corrected chi connectivity index (χ4v) is 4.48. The molecule has 0 radical (unpaired) electrons. The van der Waals surface area contributed by atoms with E-state index < -0.39 is 5.54 Å². The van der Waals surface area contributed by atoms with E-state index >= 15 is 0 Å². The first-order valence-corrected chi connectivity index (χ1v) is 10.4. The van der Waals surface area contributed by atoms with Gasteiger partial charge in [-0.1, -0.05) is 23.7 Å². The van der Waals surface area contributed by atoms with E-state index in [-0.39, 0.29) is 17.6 Å². The predicted molar refractivity (Wildman–Crippen MR) is 114 cm³/mol. The third-order valence-electron chi connectivity index (χ3n) is 5.99. The highest BCUT2D eigenvalue weighted by molar-refractivity contribution is 6.33. The van der Waals surface area contributed by atoms with Crippen LogP contribution in [-0.4, -0.2) is 55.1 Å².